The lowest BCUT2D eigenvalue weighted by atomic mass is 9.94. The standard InChI is InChI=1S/C33H34N2O4S/c1-5-6-7-17-39-25-14-11-22(12-15-25)30(36)28-29(24-10-8-9-21(4)18-24)35(32(38)31(28)37)33-34-26-16-13-23(20(2)3)19-27(26)40-33/h8-16,18-20,29,36H,5-7,17H2,1-4H3/b30-28+. The third-order valence-corrected chi connectivity index (χ3v) is 8.24. The molecule has 1 aromatic heterocycles. The van der Waals surface area contributed by atoms with Crippen LogP contribution in [-0.2, 0) is 9.59 Å². The Kier molecular flexibility index (Phi) is 8.03. The van der Waals surface area contributed by atoms with E-state index in [1.54, 1.807) is 24.3 Å². The Morgan fingerprint density at radius 3 is 2.52 bits per heavy atom. The van der Waals surface area contributed by atoms with Crippen molar-refractivity contribution in [1.29, 1.82) is 0 Å². The number of aliphatic hydroxyl groups is 1. The first kappa shape index (κ1) is 27.6. The Balaban J connectivity index is 1.57. The Hall–Kier alpha value is -3.97. The number of carbonyl (C=O) groups is 2. The summed E-state index contributed by atoms with van der Waals surface area (Å²) in [6, 6.07) is 19.9. The van der Waals surface area contributed by atoms with Gasteiger partial charge in [0.25, 0.3) is 5.78 Å². The molecule has 1 unspecified atom stereocenters. The lowest BCUT2D eigenvalue weighted by molar-refractivity contribution is -0.132. The van der Waals surface area contributed by atoms with Crippen molar-refractivity contribution in [2.45, 2.75) is 58.9 Å². The van der Waals surface area contributed by atoms with Gasteiger partial charge in [0.15, 0.2) is 5.13 Å². The summed E-state index contributed by atoms with van der Waals surface area (Å²) in [7, 11) is 0. The first-order chi connectivity index (χ1) is 19.3. The van der Waals surface area contributed by atoms with Crippen molar-refractivity contribution in [2.75, 3.05) is 11.5 Å². The van der Waals surface area contributed by atoms with E-state index in [0.717, 1.165) is 40.6 Å². The van der Waals surface area contributed by atoms with Crippen molar-refractivity contribution in [1.82, 2.24) is 4.98 Å². The highest BCUT2D eigenvalue weighted by molar-refractivity contribution is 7.22. The molecule has 0 radical (unpaired) electrons. The molecule has 1 aliphatic heterocycles. The van der Waals surface area contributed by atoms with Crippen molar-refractivity contribution in [2.24, 2.45) is 0 Å². The van der Waals surface area contributed by atoms with Gasteiger partial charge in [0, 0.05) is 5.56 Å². The van der Waals surface area contributed by atoms with Crippen LogP contribution in [0.1, 0.15) is 74.2 Å². The largest absolute Gasteiger partial charge is 0.507 e. The maximum absolute atomic E-state index is 13.6. The summed E-state index contributed by atoms with van der Waals surface area (Å²) in [6.45, 7) is 8.98. The van der Waals surface area contributed by atoms with Crippen LogP contribution in [0, 0.1) is 6.92 Å². The highest BCUT2D eigenvalue weighted by Gasteiger charge is 2.48. The zero-order chi connectivity index (χ0) is 28.4. The number of thiazole rings is 1. The van der Waals surface area contributed by atoms with Gasteiger partial charge in [0.1, 0.15) is 11.5 Å². The minimum atomic E-state index is -0.810. The maximum atomic E-state index is 13.6. The number of amides is 1. The van der Waals surface area contributed by atoms with Gasteiger partial charge < -0.3 is 9.84 Å². The SMILES string of the molecule is CCCCCOc1ccc(/C(O)=C2\C(=O)C(=O)N(c3nc4ccc(C(C)C)cc4s3)C2c2cccc(C)c2)cc1. The molecule has 0 spiro atoms. The molecule has 1 N–H and O–H groups in total. The number of ketones is 1. The molecule has 1 amide bonds. The van der Waals surface area contributed by atoms with Crippen LogP contribution in [0.2, 0.25) is 0 Å². The number of aryl methyl sites for hydroxylation is 1. The summed E-state index contributed by atoms with van der Waals surface area (Å²) in [5.41, 5.74) is 4.16. The molecular formula is C33H34N2O4S. The molecule has 206 valence electrons. The van der Waals surface area contributed by atoms with Gasteiger partial charge in [-0.3, -0.25) is 14.5 Å². The number of aromatic nitrogens is 1. The summed E-state index contributed by atoms with van der Waals surface area (Å²) in [5, 5.41) is 11.9. The van der Waals surface area contributed by atoms with Gasteiger partial charge in [-0.1, -0.05) is 80.8 Å². The number of hydrogen-bond acceptors (Lipinski definition) is 6. The molecule has 5 rings (SSSR count). The number of aliphatic hydroxyl groups excluding tert-OH is 1. The summed E-state index contributed by atoms with van der Waals surface area (Å²) < 4.78 is 6.75. The van der Waals surface area contributed by atoms with Crippen molar-refractivity contribution in [3.63, 3.8) is 0 Å². The molecule has 0 bridgehead atoms. The number of nitrogens with zero attached hydrogens (tertiary/aromatic N) is 2. The normalized spacial score (nSPS) is 16.8. The average molecular weight is 555 g/mol. The van der Waals surface area contributed by atoms with Gasteiger partial charge in [0.05, 0.1) is 28.4 Å². The zero-order valence-electron chi connectivity index (χ0n) is 23.3. The third-order valence-electron chi connectivity index (χ3n) is 7.22. The van der Waals surface area contributed by atoms with Crippen LogP contribution in [0.4, 0.5) is 5.13 Å². The molecule has 1 atom stereocenters. The van der Waals surface area contributed by atoms with Gasteiger partial charge in [-0.05, 0) is 66.8 Å². The maximum Gasteiger partial charge on any atom is 0.301 e. The number of carbonyl (C=O) groups excluding carboxylic acids is 2. The second kappa shape index (κ2) is 11.6. The van der Waals surface area contributed by atoms with Gasteiger partial charge in [-0.2, -0.15) is 0 Å². The summed E-state index contributed by atoms with van der Waals surface area (Å²) in [5.74, 6) is -0.602. The van der Waals surface area contributed by atoms with Crippen LogP contribution >= 0.6 is 11.3 Å². The van der Waals surface area contributed by atoms with Crippen LogP contribution in [0.15, 0.2) is 72.3 Å². The fourth-order valence-electron chi connectivity index (χ4n) is 4.98. The highest BCUT2D eigenvalue weighted by Crippen LogP contribution is 2.44. The summed E-state index contributed by atoms with van der Waals surface area (Å²) in [6.07, 6.45) is 3.19. The van der Waals surface area contributed by atoms with Crippen LogP contribution < -0.4 is 9.64 Å². The van der Waals surface area contributed by atoms with E-state index in [9.17, 15) is 14.7 Å². The number of fused-ring (bicyclic) bond motifs is 1. The van der Waals surface area contributed by atoms with Gasteiger partial charge >= 0.3 is 5.91 Å². The molecule has 3 aromatic carbocycles. The van der Waals surface area contributed by atoms with Gasteiger partial charge in [-0.15, -0.1) is 0 Å². The predicted octanol–water partition coefficient (Wildman–Crippen LogP) is 7.92. The van der Waals surface area contributed by atoms with E-state index >= 15 is 0 Å². The Labute approximate surface area is 238 Å². The van der Waals surface area contributed by atoms with E-state index in [1.165, 1.54) is 21.8 Å². The zero-order valence-corrected chi connectivity index (χ0v) is 24.1. The Morgan fingerprint density at radius 1 is 1.05 bits per heavy atom. The fourth-order valence-corrected chi connectivity index (χ4v) is 6.02. The summed E-state index contributed by atoms with van der Waals surface area (Å²) in [4.78, 5) is 33.3. The Bertz CT molecular complexity index is 1590. The lowest BCUT2D eigenvalue weighted by Gasteiger charge is -2.23. The van der Waals surface area contributed by atoms with Crippen molar-refractivity contribution in [3.05, 3.63) is 94.6 Å². The van der Waals surface area contributed by atoms with E-state index in [2.05, 4.69) is 26.8 Å². The van der Waals surface area contributed by atoms with E-state index in [-0.39, 0.29) is 11.3 Å². The number of hydrogen-bond donors (Lipinski definition) is 1. The van der Waals surface area contributed by atoms with Gasteiger partial charge in [0.2, 0.25) is 0 Å². The smallest absolute Gasteiger partial charge is 0.301 e. The van der Waals surface area contributed by atoms with E-state index in [4.69, 9.17) is 9.72 Å². The number of rotatable bonds is 9. The van der Waals surface area contributed by atoms with Crippen molar-refractivity contribution >= 4 is 44.1 Å². The highest BCUT2D eigenvalue weighted by atomic mass is 32.1. The number of Topliss-reactive ketones (excluding diaryl/α,β-unsaturated/α-hetero) is 1. The molecule has 4 aromatic rings. The molecule has 0 saturated carbocycles. The van der Waals surface area contributed by atoms with E-state index < -0.39 is 17.7 Å². The topological polar surface area (TPSA) is 79.7 Å². The number of benzene rings is 3. The number of ether oxygens (including phenoxy) is 1. The molecule has 40 heavy (non-hydrogen) atoms. The Morgan fingerprint density at radius 2 is 1.82 bits per heavy atom. The second-order valence-electron chi connectivity index (χ2n) is 10.5. The van der Waals surface area contributed by atoms with Crippen LogP contribution in [0.3, 0.4) is 0 Å². The fraction of sp³-hybridized carbons (Fsp3) is 0.303. The van der Waals surface area contributed by atoms with Crippen molar-refractivity contribution < 1.29 is 19.4 Å². The molecule has 2 heterocycles. The van der Waals surface area contributed by atoms with E-state index in [1.807, 2.05) is 43.3 Å². The molecule has 1 aliphatic rings. The van der Waals surface area contributed by atoms with Crippen LogP contribution in [-0.4, -0.2) is 28.4 Å². The molecule has 6 nitrogen and oxygen atoms in total. The monoisotopic (exact) mass is 554 g/mol. The first-order valence-electron chi connectivity index (χ1n) is 13.8. The molecule has 7 heteroatoms. The molecule has 0 aliphatic carbocycles. The first-order valence-corrected chi connectivity index (χ1v) is 14.6. The van der Waals surface area contributed by atoms with Crippen LogP contribution in [0.25, 0.3) is 16.0 Å². The van der Waals surface area contributed by atoms with E-state index in [0.29, 0.717) is 29.0 Å². The van der Waals surface area contributed by atoms with Crippen molar-refractivity contribution in [3.8, 4) is 5.75 Å². The summed E-state index contributed by atoms with van der Waals surface area (Å²) >= 11 is 1.38. The predicted molar refractivity (Wildman–Crippen MR) is 161 cm³/mol. The molecular weight excluding hydrogens is 520 g/mol. The minimum Gasteiger partial charge on any atom is -0.507 e. The molecule has 1 fully saturated rings. The number of unbranched alkanes of at least 4 members (excludes halogenated alkanes) is 2. The van der Waals surface area contributed by atoms with Crippen LogP contribution in [0.5, 0.6) is 5.75 Å². The molecule has 1 saturated heterocycles. The van der Waals surface area contributed by atoms with Gasteiger partial charge in [-0.25, -0.2) is 4.98 Å². The third kappa shape index (κ3) is 5.39. The lowest BCUT2D eigenvalue weighted by Crippen LogP contribution is -2.29. The average Bonchev–Trinajstić information content (AvgIpc) is 3.48. The number of anilines is 1. The minimum absolute atomic E-state index is 0.0503. The second-order valence-corrected chi connectivity index (χ2v) is 11.6. The quantitative estimate of drug-likeness (QED) is 0.0984.